The molecule has 15 heavy (non-hydrogen) atoms. The van der Waals surface area contributed by atoms with Crippen LogP contribution >= 0.6 is 11.6 Å². The summed E-state index contributed by atoms with van der Waals surface area (Å²) in [5.74, 6) is 0.813. The van der Waals surface area contributed by atoms with Gasteiger partial charge in [-0.2, -0.15) is 5.26 Å². The molecule has 0 aliphatic rings. The minimum absolute atomic E-state index is 0.468. The van der Waals surface area contributed by atoms with Gasteiger partial charge in [0.05, 0.1) is 12.5 Å². The normalized spacial score (nSPS) is 9.73. The molecular weight excluding hydrogens is 212 g/mol. The molecule has 1 rings (SSSR count). The molecule has 0 N–H and O–H groups in total. The van der Waals surface area contributed by atoms with Crippen molar-refractivity contribution in [3.05, 3.63) is 17.0 Å². The van der Waals surface area contributed by atoms with Gasteiger partial charge in [0.2, 0.25) is 0 Å². The predicted molar refractivity (Wildman–Crippen MR) is 59.9 cm³/mol. The fourth-order valence-corrected chi connectivity index (χ4v) is 1.47. The summed E-state index contributed by atoms with van der Waals surface area (Å²) in [6.07, 6.45) is 1.93. The summed E-state index contributed by atoms with van der Waals surface area (Å²) < 4.78 is 0. The summed E-state index contributed by atoms with van der Waals surface area (Å²) in [5.41, 5.74) is 0.860. The van der Waals surface area contributed by atoms with E-state index in [1.165, 1.54) is 6.33 Å². The molecule has 0 spiro atoms. The van der Waals surface area contributed by atoms with Gasteiger partial charge in [-0.05, 0) is 13.8 Å². The van der Waals surface area contributed by atoms with Crippen molar-refractivity contribution in [2.24, 2.45) is 0 Å². The monoisotopic (exact) mass is 224 g/mol. The summed E-state index contributed by atoms with van der Waals surface area (Å²) in [4.78, 5) is 10.1. The number of nitrogens with zero attached hydrogens (tertiary/aromatic N) is 4. The van der Waals surface area contributed by atoms with Gasteiger partial charge in [-0.1, -0.05) is 11.6 Å². The zero-order valence-electron chi connectivity index (χ0n) is 8.87. The number of anilines is 1. The second-order valence-corrected chi connectivity index (χ2v) is 3.46. The summed E-state index contributed by atoms with van der Waals surface area (Å²) in [6, 6.07) is 2.12. The number of hydrogen-bond donors (Lipinski definition) is 0. The van der Waals surface area contributed by atoms with Crippen molar-refractivity contribution < 1.29 is 0 Å². The zero-order chi connectivity index (χ0) is 11.3. The fourth-order valence-electron chi connectivity index (χ4n) is 1.34. The van der Waals surface area contributed by atoms with Crippen molar-refractivity contribution in [2.75, 3.05) is 18.0 Å². The summed E-state index contributed by atoms with van der Waals surface area (Å²) in [6.45, 7) is 5.37. The Bertz CT molecular complexity index is 372. The van der Waals surface area contributed by atoms with Gasteiger partial charge in [0, 0.05) is 18.7 Å². The maximum absolute atomic E-state index is 8.55. The van der Waals surface area contributed by atoms with Crippen molar-refractivity contribution in [3.8, 4) is 6.07 Å². The Hall–Kier alpha value is -1.34. The first-order valence-electron chi connectivity index (χ1n) is 4.79. The van der Waals surface area contributed by atoms with Crippen LogP contribution in [0, 0.1) is 18.3 Å². The lowest BCUT2D eigenvalue weighted by molar-refractivity contribution is 0.802. The van der Waals surface area contributed by atoms with Crippen molar-refractivity contribution in [2.45, 2.75) is 20.3 Å². The Morgan fingerprint density at radius 1 is 1.53 bits per heavy atom. The molecule has 0 radical (unpaired) electrons. The molecular formula is C10H13ClN4. The fraction of sp³-hybridized carbons (Fsp3) is 0.500. The van der Waals surface area contributed by atoms with E-state index in [0.717, 1.165) is 17.9 Å². The van der Waals surface area contributed by atoms with E-state index in [0.29, 0.717) is 18.1 Å². The van der Waals surface area contributed by atoms with Crippen molar-refractivity contribution in [1.82, 2.24) is 9.97 Å². The molecule has 0 saturated carbocycles. The third-order valence-electron chi connectivity index (χ3n) is 2.17. The SMILES string of the molecule is CCN(CCC#N)c1ncnc(Cl)c1C. The van der Waals surface area contributed by atoms with Crippen LogP contribution in [0.3, 0.4) is 0 Å². The molecule has 0 fully saturated rings. The summed E-state index contributed by atoms with van der Waals surface area (Å²) in [7, 11) is 0. The highest BCUT2D eigenvalue weighted by molar-refractivity contribution is 6.30. The van der Waals surface area contributed by atoms with Crippen LogP contribution in [-0.4, -0.2) is 23.1 Å². The molecule has 0 aromatic carbocycles. The standard InChI is InChI=1S/C10H13ClN4/c1-3-15(6-4-5-12)10-8(2)9(11)13-7-14-10/h7H,3-4,6H2,1-2H3. The second-order valence-electron chi connectivity index (χ2n) is 3.10. The smallest absolute Gasteiger partial charge is 0.137 e. The van der Waals surface area contributed by atoms with E-state index in [-0.39, 0.29) is 0 Å². The summed E-state index contributed by atoms with van der Waals surface area (Å²) in [5, 5.41) is 9.01. The number of aromatic nitrogens is 2. The maximum Gasteiger partial charge on any atom is 0.137 e. The Morgan fingerprint density at radius 2 is 2.27 bits per heavy atom. The van der Waals surface area contributed by atoms with Gasteiger partial charge >= 0.3 is 0 Å². The van der Waals surface area contributed by atoms with E-state index < -0.39 is 0 Å². The topological polar surface area (TPSA) is 52.8 Å². The van der Waals surface area contributed by atoms with Crippen LogP contribution < -0.4 is 4.90 Å². The van der Waals surface area contributed by atoms with Crippen LogP contribution in [0.25, 0.3) is 0 Å². The van der Waals surface area contributed by atoms with Crippen LogP contribution in [0.1, 0.15) is 18.9 Å². The lowest BCUT2D eigenvalue weighted by atomic mass is 10.3. The molecule has 4 nitrogen and oxygen atoms in total. The van der Waals surface area contributed by atoms with Gasteiger partial charge < -0.3 is 4.90 Å². The van der Waals surface area contributed by atoms with Gasteiger partial charge in [0.1, 0.15) is 17.3 Å². The van der Waals surface area contributed by atoms with E-state index in [1.807, 2.05) is 18.7 Å². The highest BCUT2D eigenvalue weighted by Crippen LogP contribution is 2.21. The molecule has 5 heteroatoms. The van der Waals surface area contributed by atoms with E-state index >= 15 is 0 Å². The third kappa shape index (κ3) is 2.80. The first-order valence-corrected chi connectivity index (χ1v) is 5.17. The largest absolute Gasteiger partial charge is 0.356 e. The highest BCUT2D eigenvalue weighted by Gasteiger charge is 2.11. The lowest BCUT2D eigenvalue weighted by Gasteiger charge is -2.22. The minimum atomic E-state index is 0.468. The van der Waals surface area contributed by atoms with Crippen molar-refractivity contribution >= 4 is 17.4 Å². The zero-order valence-corrected chi connectivity index (χ0v) is 9.62. The van der Waals surface area contributed by atoms with E-state index in [4.69, 9.17) is 16.9 Å². The Balaban J connectivity index is 2.92. The lowest BCUT2D eigenvalue weighted by Crippen LogP contribution is -2.25. The molecule has 1 aromatic rings. The van der Waals surface area contributed by atoms with E-state index in [2.05, 4.69) is 16.0 Å². The molecule has 0 aliphatic carbocycles. The van der Waals surface area contributed by atoms with Gasteiger partial charge in [0.25, 0.3) is 0 Å². The van der Waals surface area contributed by atoms with Crippen LogP contribution in [0.15, 0.2) is 6.33 Å². The van der Waals surface area contributed by atoms with Crippen LogP contribution in [0.2, 0.25) is 5.15 Å². The molecule has 0 unspecified atom stereocenters. The molecule has 0 saturated heterocycles. The highest BCUT2D eigenvalue weighted by atomic mass is 35.5. The number of rotatable bonds is 4. The van der Waals surface area contributed by atoms with Gasteiger partial charge in [0.15, 0.2) is 0 Å². The molecule has 80 valence electrons. The Labute approximate surface area is 94.5 Å². The van der Waals surface area contributed by atoms with E-state index in [9.17, 15) is 0 Å². The Morgan fingerprint density at radius 3 is 2.87 bits per heavy atom. The molecule has 1 aromatic heterocycles. The molecule has 0 atom stereocenters. The maximum atomic E-state index is 8.55. The van der Waals surface area contributed by atoms with Crippen molar-refractivity contribution in [1.29, 1.82) is 5.26 Å². The predicted octanol–water partition coefficient (Wildman–Crippen LogP) is 2.18. The van der Waals surface area contributed by atoms with Crippen molar-refractivity contribution in [3.63, 3.8) is 0 Å². The first kappa shape index (κ1) is 11.7. The second kappa shape index (κ2) is 5.52. The van der Waals surface area contributed by atoms with Gasteiger partial charge in [-0.25, -0.2) is 9.97 Å². The summed E-state index contributed by atoms with van der Waals surface area (Å²) >= 11 is 5.91. The quantitative estimate of drug-likeness (QED) is 0.736. The van der Waals surface area contributed by atoms with Crippen LogP contribution in [0.4, 0.5) is 5.82 Å². The molecule has 0 amide bonds. The number of hydrogen-bond acceptors (Lipinski definition) is 4. The third-order valence-corrected chi connectivity index (χ3v) is 2.55. The molecule has 1 heterocycles. The molecule has 0 bridgehead atoms. The number of nitriles is 1. The molecule has 0 aliphatic heterocycles. The average Bonchev–Trinajstić information content (AvgIpc) is 2.25. The van der Waals surface area contributed by atoms with E-state index in [1.54, 1.807) is 0 Å². The Kier molecular flexibility index (Phi) is 4.32. The number of halogens is 1. The first-order chi connectivity index (χ1) is 7.20. The van der Waals surface area contributed by atoms with Gasteiger partial charge in [-0.3, -0.25) is 0 Å². The van der Waals surface area contributed by atoms with Crippen LogP contribution in [-0.2, 0) is 0 Å². The van der Waals surface area contributed by atoms with Gasteiger partial charge in [-0.15, -0.1) is 0 Å². The minimum Gasteiger partial charge on any atom is -0.356 e. The van der Waals surface area contributed by atoms with Crippen LogP contribution in [0.5, 0.6) is 0 Å². The average molecular weight is 225 g/mol.